The highest BCUT2D eigenvalue weighted by molar-refractivity contribution is 8.00. The number of halogens is 3. The van der Waals surface area contributed by atoms with Gasteiger partial charge >= 0.3 is 12.1 Å². The summed E-state index contributed by atoms with van der Waals surface area (Å²) in [4.78, 5) is 15.1. The second kappa shape index (κ2) is 4.79. The molecule has 1 aromatic heterocycles. The van der Waals surface area contributed by atoms with Crippen molar-refractivity contribution in [2.24, 2.45) is 0 Å². The van der Waals surface area contributed by atoms with Crippen molar-refractivity contribution in [2.45, 2.75) is 35.9 Å². The van der Waals surface area contributed by atoms with Crippen LogP contribution in [0.3, 0.4) is 0 Å². The number of carbonyl (C=O) groups is 1. The number of thioether (sulfide) groups is 1. The quantitative estimate of drug-likeness (QED) is 0.779. The minimum Gasteiger partial charge on any atom is -0.462 e. The lowest BCUT2D eigenvalue weighted by molar-refractivity contribution is -0.140. The highest BCUT2D eigenvalue weighted by Crippen LogP contribution is 2.33. The van der Waals surface area contributed by atoms with Gasteiger partial charge < -0.3 is 4.74 Å². The lowest BCUT2D eigenvalue weighted by Gasteiger charge is -2.08. The van der Waals surface area contributed by atoms with Gasteiger partial charge in [0.05, 0.1) is 10.6 Å². The van der Waals surface area contributed by atoms with E-state index in [1.807, 2.05) is 0 Å². The number of hydrogen-bond donors (Lipinski definition) is 0. The molecule has 98 valence electrons. The number of esters is 1. The van der Waals surface area contributed by atoms with Crippen LogP contribution in [0.15, 0.2) is 23.4 Å². The van der Waals surface area contributed by atoms with Crippen molar-refractivity contribution < 1.29 is 22.7 Å². The van der Waals surface area contributed by atoms with Crippen molar-refractivity contribution in [1.29, 1.82) is 0 Å². The monoisotopic (exact) mass is 277 g/mol. The minimum absolute atomic E-state index is 0.149. The Morgan fingerprint density at radius 2 is 2.17 bits per heavy atom. The molecule has 1 aromatic rings. The molecular formula is C11H10F3NO2S. The van der Waals surface area contributed by atoms with Crippen molar-refractivity contribution in [1.82, 2.24) is 4.98 Å². The maximum absolute atomic E-state index is 12.3. The number of cyclic esters (lactones) is 1. The van der Waals surface area contributed by atoms with Gasteiger partial charge in [0, 0.05) is 12.6 Å². The molecule has 18 heavy (non-hydrogen) atoms. The molecule has 7 heteroatoms. The van der Waals surface area contributed by atoms with Gasteiger partial charge in [0.2, 0.25) is 0 Å². The molecule has 3 nitrogen and oxygen atoms in total. The van der Waals surface area contributed by atoms with Crippen molar-refractivity contribution in [3.63, 3.8) is 0 Å². The van der Waals surface area contributed by atoms with Crippen LogP contribution in [-0.4, -0.2) is 22.3 Å². The molecule has 0 unspecified atom stereocenters. The van der Waals surface area contributed by atoms with Crippen LogP contribution in [0.5, 0.6) is 0 Å². The third-order valence-electron chi connectivity index (χ3n) is 2.45. The third kappa shape index (κ3) is 2.95. The summed E-state index contributed by atoms with van der Waals surface area (Å²) < 4.78 is 41.9. The molecule has 0 amide bonds. The summed E-state index contributed by atoms with van der Waals surface area (Å²) in [5, 5.41) is 0.00304. The number of carbonyl (C=O) groups excluding carboxylic acids is 1. The average Bonchev–Trinajstić information content (AvgIpc) is 2.57. The number of nitrogens with zero attached hydrogens (tertiary/aromatic N) is 1. The first-order valence-corrected chi connectivity index (χ1v) is 6.14. The lowest BCUT2D eigenvalue weighted by atomic mass is 10.3. The minimum atomic E-state index is -4.39. The normalized spacial score (nSPS) is 24.1. The standard InChI is InChI=1S/C11H10F3NO2S/c1-6-4-8(10(16)17-6)18-9-3-2-7(5-15-9)11(12,13)14/h2-3,5-6,8H,4H2,1H3/t6-,8-/m0/s1. The van der Waals surface area contributed by atoms with Gasteiger partial charge in [-0.2, -0.15) is 13.2 Å². The van der Waals surface area contributed by atoms with Crippen LogP contribution in [0.2, 0.25) is 0 Å². The zero-order valence-corrected chi connectivity index (χ0v) is 10.2. The lowest BCUT2D eigenvalue weighted by Crippen LogP contribution is -2.10. The molecule has 1 saturated heterocycles. The fourth-order valence-corrected chi connectivity index (χ4v) is 2.65. The number of hydrogen-bond acceptors (Lipinski definition) is 4. The van der Waals surface area contributed by atoms with Crippen LogP contribution in [0.1, 0.15) is 18.9 Å². The van der Waals surface area contributed by atoms with Gasteiger partial charge in [0.1, 0.15) is 11.4 Å². The van der Waals surface area contributed by atoms with Gasteiger partial charge in [-0.3, -0.25) is 4.79 Å². The summed E-state index contributed by atoms with van der Waals surface area (Å²) in [7, 11) is 0. The van der Waals surface area contributed by atoms with Crippen molar-refractivity contribution in [2.75, 3.05) is 0 Å². The van der Waals surface area contributed by atoms with Crippen LogP contribution in [0, 0.1) is 0 Å². The number of pyridine rings is 1. The number of alkyl halides is 3. The zero-order valence-electron chi connectivity index (χ0n) is 9.40. The van der Waals surface area contributed by atoms with Gasteiger partial charge in [-0.1, -0.05) is 11.8 Å². The second-order valence-electron chi connectivity index (χ2n) is 3.97. The molecule has 2 heterocycles. The first-order valence-electron chi connectivity index (χ1n) is 5.26. The van der Waals surface area contributed by atoms with Crippen molar-refractivity contribution >= 4 is 17.7 Å². The van der Waals surface area contributed by atoms with Gasteiger partial charge in [0.25, 0.3) is 0 Å². The van der Waals surface area contributed by atoms with Crippen LogP contribution in [-0.2, 0) is 15.7 Å². The van der Waals surface area contributed by atoms with Crippen LogP contribution < -0.4 is 0 Å². The fraction of sp³-hybridized carbons (Fsp3) is 0.455. The average molecular weight is 277 g/mol. The summed E-state index contributed by atoms with van der Waals surface area (Å²) >= 11 is 1.13. The molecular weight excluding hydrogens is 267 g/mol. The third-order valence-corrected chi connectivity index (χ3v) is 3.61. The summed E-state index contributed by atoms with van der Waals surface area (Å²) in [6.07, 6.45) is -3.22. The van der Waals surface area contributed by atoms with E-state index in [-0.39, 0.29) is 17.3 Å². The summed E-state index contributed by atoms with van der Waals surface area (Å²) in [5.74, 6) is -0.339. The van der Waals surface area contributed by atoms with Gasteiger partial charge in [-0.05, 0) is 19.1 Å². The fourth-order valence-electron chi connectivity index (χ4n) is 1.58. The zero-order chi connectivity index (χ0) is 13.3. The number of aromatic nitrogens is 1. The van der Waals surface area contributed by atoms with Crippen LogP contribution in [0.4, 0.5) is 13.2 Å². The molecule has 1 fully saturated rings. The summed E-state index contributed by atoms with van der Waals surface area (Å²) in [5.41, 5.74) is -0.797. The molecule has 0 aliphatic carbocycles. The number of rotatable bonds is 2. The molecule has 0 N–H and O–H groups in total. The molecule has 0 aromatic carbocycles. The Morgan fingerprint density at radius 3 is 2.61 bits per heavy atom. The second-order valence-corrected chi connectivity index (χ2v) is 5.20. The largest absolute Gasteiger partial charge is 0.462 e. The molecule has 0 spiro atoms. The van der Waals surface area contributed by atoms with Gasteiger partial charge in [-0.25, -0.2) is 4.98 Å². The van der Waals surface area contributed by atoms with E-state index in [1.54, 1.807) is 6.92 Å². The highest BCUT2D eigenvalue weighted by atomic mass is 32.2. The van der Waals surface area contributed by atoms with E-state index in [0.717, 1.165) is 24.0 Å². The van der Waals surface area contributed by atoms with Crippen LogP contribution in [0.25, 0.3) is 0 Å². The maximum atomic E-state index is 12.3. The van der Waals surface area contributed by atoms with Crippen molar-refractivity contribution in [3.8, 4) is 0 Å². The van der Waals surface area contributed by atoms with Gasteiger partial charge in [-0.15, -0.1) is 0 Å². The molecule has 0 radical (unpaired) electrons. The van der Waals surface area contributed by atoms with Crippen LogP contribution >= 0.6 is 11.8 Å². The van der Waals surface area contributed by atoms with E-state index < -0.39 is 11.7 Å². The van der Waals surface area contributed by atoms with E-state index in [9.17, 15) is 18.0 Å². The first-order chi connectivity index (χ1) is 8.36. The predicted molar refractivity (Wildman–Crippen MR) is 59.1 cm³/mol. The van der Waals surface area contributed by atoms with E-state index in [2.05, 4.69) is 4.98 Å². The van der Waals surface area contributed by atoms with E-state index in [4.69, 9.17) is 4.74 Å². The Hall–Kier alpha value is -1.24. The Labute approximate surface area is 106 Å². The molecule has 1 aliphatic heterocycles. The topological polar surface area (TPSA) is 39.2 Å². The molecule has 1 aliphatic rings. The number of ether oxygens (including phenoxy) is 1. The molecule has 2 rings (SSSR count). The Kier molecular flexibility index (Phi) is 3.52. The SMILES string of the molecule is C[C@H]1C[C@H](Sc2ccc(C(F)(F)F)cn2)C(=O)O1. The summed E-state index contributed by atoms with van der Waals surface area (Å²) in [6.45, 7) is 1.78. The molecule has 0 bridgehead atoms. The van der Waals surface area contributed by atoms with E-state index >= 15 is 0 Å². The Morgan fingerprint density at radius 1 is 1.44 bits per heavy atom. The predicted octanol–water partition coefficient (Wildman–Crippen LogP) is 2.90. The maximum Gasteiger partial charge on any atom is 0.417 e. The molecule has 0 saturated carbocycles. The smallest absolute Gasteiger partial charge is 0.417 e. The molecule has 2 atom stereocenters. The summed E-state index contributed by atoms with van der Waals surface area (Å²) in [6, 6.07) is 2.23. The Balaban J connectivity index is 2.05. The first kappa shape index (κ1) is 13.2. The van der Waals surface area contributed by atoms with Crippen molar-refractivity contribution in [3.05, 3.63) is 23.9 Å². The van der Waals surface area contributed by atoms with Gasteiger partial charge in [0.15, 0.2) is 0 Å². The highest BCUT2D eigenvalue weighted by Gasteiger charge is 2.34. The van der Waals surface area contributed by atoms with E-state index in [0.29, 0.717) is 11.4 Å². The van der Waals surface area contributed by atoms with E-state index in [1.165, 1.54) is 6.07 Å². The Bertz CT molecular complexity index is 447.